The molecular weight excluding hydrogens is 376 g/mol. The van der Waals surface area contributed by atoms with Gasteiger partial charge in [0.25, 0.3) is 5.56 Å². The molecule has 0 amide bonds. The Kier molecular flexibility index (Phi) is 5.17. The van der Waals surface area contributed by atoms with E-state index in [4.69, 9.17) is 0 Å². The summed E-state index contributed by atoms with van der Waals surface area (Å²) in [6.07, 6.45) is 5.40. The zero-order valence-electron chi connectivity index (χ0n) is 15.5. The van der Waals surface area contributed by atoms with Crippen LogP contribution in [0.3, 0.4) is 0 Å². The number of benzene rings is 1. The number of carboxylic acids is 1. The van der Waals surface area contributed by atoms with Gasteiger partial charge in [0.1, 0.15) is 11.4 Å². The Morgan fingerprint density at radius 1 is 1.07 bits per heavy atom. The second-order valence-electron chi connectivity index (χ2n) is 7.20. The molecule has 0 saturated carbocycles. The third-order valence-corrected chi connectivity index (χ3v) is 6.62. The number of rotatable bonds is 6. The van der Waals surface area contributed by atoms with Gasteiger partial charge in [-0.3, -0.25) is 14.2 Å². The van der Waals surface area contributed by atoms with Crippen LogP contribution in [-0.4, -0.2) is 20.2 Å². The highest BCUT2D eigenvalue weighted by atomic mass is 32.1. The highest BCUT2D eigenvalue weighted by molar-refractivity contribution is 7.18. The molecule has 0 fully saturated rings. The van der Waals surface area contributed by atoms with Crippen LogP contribution in [0.15, 0.2) is 39.9 Å². The van der Waals surface area contributed by atoms with Crippen LogP contribution in [0.25, 0.3) is 10.2 Å². The third kappa shape index (κ3) is 3.42. The maximum Gasteiger partial charge on any atom is 0.332 e. The van der Waals surface area contributed by atoms with Gasteiger partial charge in [-0.15, -0.1) is 11.3 Å². The van der Waals surface area contributed by atoms with E-state index in [0.717, 1.165) is 48.7 Å². The van der Waals surface area contributed by atoms with Crippen LogP contribution in [0.4, 0.5) is 0 Å². The minimum Gasteiger partial charge on any atom is -0.480 e. The topological polar surface area (TPSA) is 81.3 Å². The van der Waals surface area contributed by atoms with E-state index in [1.54, 1.807) is 4.57 Å². The smallest absolute Gasteiger partial charge is 0.332 e. The molecule has 2 heterocycles. The van der Waals surface area contributed by atoms with E-state index in [2.05, 4.69) is 0 Å². The quantitative estimate of drug-likeness (QED) is 0.692. The summed E-state index contributed by atoms with van der Waals surface area (Å²) in [6, 6.07) is 10.0. The number of carbonyl (C=O) groups is 1. The molecule has 4 rings (SSSR count). The van der Waals surface area contributed by atoms with Gasteiger partial charge in [-0.1, -0.05) is 30.3 Å². The molecule has 3 aromatic rings. The molecule has 0 radical (unpaired) electrons. The molecule has 6 nitrogen and oxygen atoms in total. The van der Waals surface area contributed by atoms with Crippen LogP contribution < -0.4 is 11.2 Å². The van der Waals surface area contributed by atoms with Gasteiger partial charge in [-0.2, -0.15) is 0 Å². The summed E-state index contributed by atoms with van der Waals surface area (Å²) in [5, 5.41) is 9.74. The first kappa shape index (κ1) is 18.7. The number of aryl methyl sites for hydroxylation is 4. The van der Waals surface area contributed by atoms with Crippen molar-refractivity contribution in [3.63, 3.8) is 0 Å². The molecule has 0 saturated heterocycles. The van der Waals surface area contributed by atoms with Gasteiger partial charge < -0.3 is 5.11 Å². The molecule has 7 heteroatoms. The van der Waals surface area contributed by atoms with Gasteiger partial charge in [0.2, 0.25) is 0 Å². The van der Waals surface area contributed by atoms with E-state index in [9.17, 15) is 19.5 Å². The van der Waals surface area contributed by atoms with Crippen molar-refractivity contribution in [2.75, 3.05) is 0 Å². The predicted molar refractivity (Wildman–Crippen MR) is 109 cm³/mol. The van der Waals surface area contributed by atoms with Gasteiger partial charge in [-0.25, -0.2) is 9.36 Å². The van der Waals surface area contributed by atoms with Crippen LogP contribution in [0.2, 0.25) is 0 Å². The zero-order chi connectivity index (χ0) is 19.7. The van der Waals surface area contributed by atoms with Crippen LogP contribution in [0.5, 0.6) is 0 Å². The first-order chi connectivity index (χ1) is 13.6. The molecule has 1 N–H and O–H groups in total. The molecule has 0 bridgehead atoms. The largest absolute Gasteiger partial charge is 0.480 e. The Bertz CT molecular complexity index is 1140. The first-order valence-corrected chi connectivity index (χ1v) is 10.4. The van der Waals surface area contributed by atoms with Crippen LogP contribution >= 0.6 is 11.3 Å². The molecular formula is C21H22N2O4S. The van der Waals surface area contributed by atoms with E-state index in [0.29, 0.717) is 16.8 Å². The van der Waals surface area contributed by atoms with E-state index in [-0.39, 0.29) is 0 Å². The fraction of sp³-hybridized carbons (Fsp3) is 0.381. The van der Waals surface area contributed by atoms with Crippen molar-refractivity contribution in [2.45, 2.75) is 51.6 Å². The van der Waals surface area contributed by atoms with Crippen LogP contribution in [0, 0.1) is 0 Å². The number of carboxylic acid groups (broad SMARTS) is 1. The molecule has 1 aliphatic rings. The van der Waals surface area contributed by atoms with Gasteiger partial charge in [0.15, 0.2) is 0 Å². The van der Waals surface area contributed by atoms with E-state index < -0.39 is 23.8 Å². The molecule has 1 aliphatic carbocycles. The van der Waals surface area contributed by atoms with Crippen LogP contribution in [0.1, 0.15) is 35.3 Å². The lowest BCUT2D eigenvalue weighted by atomic mass is 9.97. The maximum absolute atomic E-state index is 13.0. The SMILES string of the molecule is O=C(O)Cn1c(=O)c2c3c(sc2n(CCCc2ccccc2)c1=O)CCCC3. The minimum atomic E-state index is -1.18. The molecule has 1 aromatic carbocycles. The number of thiophene rings is 1. The predicted octanol–water partition coefficient (Wildman–Crippen LogP) is 2.82. The number of aliphatic carboxylic acids is 1. The van der Waals surface area contributed by atoms with Gasteiger partial charge in [-0.05, 0) is 49.7 Å². The summed E-state index contributed by atoms with van der Waals surface area (Å²) in [6.45, 7) is -0.138. The summed E-state index contributed by atoms with van der Waals surface area (Å²) < 4.78 is 2.50. The first-order valence-electron chi connectivity index (χ1n) is 9.60. The highest BCUT2D eigenvalue weighted by Crippen LogP contribution is 2.34. The van der Waals surface area contributed by atoms with Gasteiger partial charge in [0, 0.05) is 11.4 Å². The second kappa shape index (κ2) is 7.75. The third-order valence-electron chi connectivity index (χ3n) is 5.30. The monoisotopic (exact) mass is 398 g/mol. The summed E-state index contributed by atoms with van der Waals surface area (Å²) in [5.41, 5.74) is 1.23. The summed E-state index contributed by atoms with van der Waals surface area (Å²) in [5.74, 6) is -1.18. The molecule has 0 aliphatic heterocycles. The van der Waals surface area contributed by atoms with E-state index in [1.165, 1.54) is 21.8 Å². The molecule has 0 unspecified atom stereocenters. The van der Waals surface area contributed by atoms with Crippen molar-refractivity contribution in [1.29, 1.82) is 0 Å². The normalized spacial score (nSPS) is 13.6. The standard InChI is InChI=1S/C21H22N2O4S/c24-17(25)13-23-19(26)18-15-10-4-5-11-16(15)28-20(18)22(21(23)27)12-6-9-14-7-2-1-3-8-14/h1-3,7-8H,4-6,9-13H2,(H,24,25). The lowest BCUT2D eigenvalue weighted by Crippen LogP contribution is -2.41. The van der Waals surface area contributed by atoms with E-state index in [1.807, 2.05) is 30.3 Å². The van der Waals surface area contributed by atoms with Crippen molar-refractivity contribution in [1.82, 2.24) is 9.13 Å². The average molecular weight is 398 g/mol. The highest BCUT2D eigenvalue weighted by Gasteiger charge is 2.24. The maximum atomic E-state index is 13.0. The van der Waals surface area contributed by atoms with Crippen molar-refractivity contribution < 1.29 is 9.90 Å². The van der Waals surface area contributed by atoms with Crippen molar-refractivity contribution in [3.05, 3.63) is 67.2 Å². The number of fused-ring (bicyclic) bond motifs is 3. The van der Waals surface area contributed by atoms with Gasteiger partial charge >= 0.3 is 11.7 Å². The van der Waals surface area contributed by atoms with Crippen molar-refractivity contribution in [2.24, 2.45) is 0 Å². The average Bonchev–Trinajstić information content (AvgIpc) is 3.08. The van der Waals surface area contributed by atoms with Crippen LogP contribution in [-0.2, 0) is 37.1 Å². The van der Waals surface area contributed by atoms with E-state index >= 15 is 0 Å². The Hall–Kier alpha value is -2.67. The van der Waals surface area contributed by atoms with Gasteiger partial charge in [0.05, 0.1) is 5.39 Å². The molecule has 2 aromatic heterocycles. The fourth-order valence-electron chi connectivity index (χ4n) is 3.97. The molecule has 0 spiro atoms. The summed E-state index contributed by atoms with van der Waals surface area (Å²) in [7, 11) is 0. The van der Waals surface area contributed by atoms with Crippen molar-refractivity contribution in [3.8, 4) is 0 Å². The number of hydrogen-bond donors (Lipinski definition) is 1. The lowest BCUT2D eigenvalue weighted by Gasteiger charge is -2.12. The zero-order valence-corrected chi connectivity index (χ0v) is 16.3. The Morgan fingerprint density at radius 2 is 1.82 bits per heavy atom. The number of aromatic nitrogens is 2. The Balaban J connectivity index is 1.79. The summed E-state index contributed by atoms with van der Waals surface area (Å²) >= 11 is 1.53. The number of hydrogen-bond acceptors (Lipinski definition) is 4. The number of nitrogens with zero attached hydrogens (tertiary/aromatic N) is 2. The molecule has 28 heavy (non-hydrogen) atoms. The van der Waals surface area contributed by atoms with Crippen molar-refractivity contribution >= 4 is 27.5 Å². The Labute approximate surface area is 165 Å². The molecule has 0 atom stereocenters. The lowest BCUT2D eigenvalue weighted by molar-refractivity contribution is -0.137. The fourth-order valence-corrected chi connectivity index (χ4v) is 5.37. The Morgan fingerprint density at radius 3 is 2.57 bits per heavy atom. The summed E-state index contributed by atoms with van der Waals surface area (Å²) in [4.78, 5) is 39.0. The second-order valence-corrected chi connectivity index (χ2v) is 8.28. The molecule has 146 valence electrons. The minimum absolute atomic E-state index is 0.457.